The smallest absolute Gasteiger partial charge is 0.000178 e. The fraction of sp³-hybridized carbons (Fsp3) is 0.636. The summed E-state index contributed by atoms with van der Waals surface area (Å²) in [7, 11) is 0. The predicted octanol–water partition coefficient (Wildman–Crippen LogP) is 4.50. The van der Waals surface area contributed by atoms with Crippen LogP contribution in [0.4, 0.5) is 0 Å². The molecule has 0 aromatic rings. The second-order valence-electron chi connectivity index (χ2n) is 2.83. The molecule has 1 heteroatoms. The van der Waals surface area contributed by atoms with Crippen molar-refractivity contribution in [2.75, 3.05) is 4.43 Å². The van der Waals surface area contributed by atoms with Gasteiger partial charge in [-0.3, -0.25) is 0 Å². The van der Waals surface area contributed by atoms with Gasteiger partial charge in [0, 0.05) is 0 Å². The van der Waals surface area contributed by atoms with Crippen LogP contribution in [-0.4, -0.2) is 4.43 Å². The van der Waals surface area contributed by atoms with Crippen LogP contribution in [0.5, 0.6) is 0 Å². The number of halogens is 1. The minimum atomic E-state index is 1.22. The van der Waals surface area contributed by atoms with Gasteiger partial charge in [-0.1, -0.05) is 66.7 Å². The molecule has 0 unspecified atom stereocenters. The molecule has 70 valence electrons. The highest BCUT2D eigenvalue weighted by Crippen LogP contribution is 1.97. The van der Waals surface area contributed by atoms with Crippen LogP contribution in [0.15, 0.2) is 24.3 Å². The average molecular weight is 278 g/mol. The van der Waals surface area contributed by atoms with Crippen LogP contribution in [0, 0.1) is 0 Å². The van der Waals surface area contributed by atoms with Gasteiger partial charge in [0.05, 0.1) is 0 Å². The van der Waals surface area contributed by atoms with Crippen molar-refractivity contribution < 1.29 is 0 Å². The summed E-state index contributed by atoms with van der Waals surface area (Å²) in [5.74, 6) is 0. The number of alkyl halides is 1. The first-order valence-corrected chi connectivity index (χ1v) is 6.32. The fourth-order valence-corrected chi connectivity index (χ4v) is 1.31. The van der Waals surface area contributed by atoms with Crippen LogP contribution >= 0.6 is 22.6 Å². The molecule has 0 spiro atoms. The summed E-state index contributed by atoms with van der Waals surface area (Å²) in [4.78, 5) is 0. The van der Waals surface area contributed by atoms with Crippen LogP contribution in [0.2, 0.25) is 0 Å². The Balaban J connectivity index is 3.15. The van der Waals surface area contributed by atoms with Gasteiger partial charge in [-0.15, -0.1) is 0 Å². The molecular weight excluding hydrogens is 259 g/mol. The molecule has 0 aromatic carbocycles. The third kappa shape index (κ3) is 10.2. The van der Waals surface area contributed by atoms with Crippen molar-refractivity contribution in [3.8, 4) is 0 Å². The van der Waals surface area contributed by atoms with Crippen LogP contribution in [0.3, 0.4) is 0 Å². The van der Waals surface area contributed by atoms with E-state index in [0.717, 1.165) is 0 Å². The highest BCUT2D eigenvalue weighted by molar-refractivity contribution is 14.1. The quantitative estimate of drug-likeness (QED) is 0.278. The molecule has 0 bridgehead atoms. The van der Waals surface area contributed by atoms with Crippen LogP contribution in [0.1, 0.15) is 39.0 Å². The standard InChI is InChI=1S/C11H19I/c1-2-3-4-5-6-7-8-9-10-11-12/h5-8H,2-4,9-11H2,1H3. The molecule has 0 nitrogen and oxygen atoms in total. The monoisotopic (exact) mass is 278 g/mol. The molecule has 0 aromatic heterocycles. The van der Waals surface area contributed by atoms with Gasteiger partial charge in [0.25, 0.3) is 0 Å². The van der Waals surface area contributed by atoms with Gasteiger partial charge in [-0.05, 0) is 23.7 Å². The Kier molecular flexibility index (Phi) is 11.4. The molecule has 0 heterocycles. The third-order valence-electron chi connectivity index (χ3n) is 1.61. The van der Waals surface area contributed by atoms with E-state index in [2.05, 4.69) is 53.8 Å². The van der Waals surface area contributed by atoms with Crippen LogP contribution in [0.25, 0.3) is 0 Å². The van der Waals surface area contributed by atoms with Crippen molar-refractivity contribution in [3.05, 3.63) is 24.3 Å². The van der Waals surface area contributed by atoms with E-state index in [4.69, 9.17) is 0 Å². The fourth-order valence-electron chi connectivity index (χ4n) is 0.867. The van der Waals surface area contributed by atoms with E-state index < -0.39 is 0 Å². The third-order valence-corrected chi connectivity index (χ3v) is 2.37. The molecule has 0 atom stereocenters. The lowest BCUT2D eigenvalue weighted by Gasteiger charge is -1.86. The Labute approximate surface area is 90.3 Å². The molecule has 0 aliphatic carbocycles. The van der Waals surface area contributed by atoms with Gasteiger partial charge in [-0.25, -0.2) is 0 Å². The molecule has 0 radical (unpaired) electrons. The predicted molar refractivity (Wildman–Crippen MR) is 65.9 cm³/mol. The summed E-state index contributed by atoms with van der Waals surface area (Å²) >= 11 is 2.41. The number of hydrogen-bond donors (Lipinski definition) is 0. The van der Waals surface area contributed by atoms with Gasteiger partial charge in [-0.2, -0.15) is 0 Å². The lowest BCUT2D eigenvalue weighted by molar-refractivity contribution is 0.815. The Morgan fingerprint density at radius 2 is 1.58 bits per heavy atom. The first-order chi connectivity index (χ1) is 5.91. The largest absolute Gasteiger partial charge is 0.0864 e. The zero-order chi connectivity index (χ0) is 9.07. The van der Waals surface area contributed by atoms with Crippen molar-refractivity contribution in [1.82, 2.24) is 0 Å². The van der Waals surface area contributed by atoms with Gasteiger partial charge in [0.2, 0.25) is 0 Å². The van der Waals surface area contributed by atoms with Crippen LogP contribution < -0.4 is 0 Å². The average Bonchev–Trinajstić information content (AvgIpc) is 2.10. The van der Waals surface area contributed by atoms with E-state index in [1.807, 2.05) is 0 Å². The number of allylic oxidation sites excluding steroid dienone is 4. The van der Waals surface area contributed by atoms with Crippen molar-refractivity contribution in [2.24, 2.45) is 0 Å². The second-order valence-corrected chi connectivity index (χ2v) is 3.91. The molecule has 0 aliphatic rings. The summed E-state index contributed by atoms with van der Waals surface area (Å²) < 4.78 is 1.27. The van der Waals surface area contributed by atoms with Gasteiger partial charge < -0.3 is 0 Å². The minimum absolute atomic E-state index is 1.22. The zero-order valence-corrected chi connectivity index (χ0v) is 10.1. The van der Waals surface area contributed by atoms with Gasteiger partial charge in [0.15, 0.2) is 0 Å². The van der Waals surface area contributed by atoms with Crippen molar-refractivity contribution in [1.29, 1.82) is 0 Å². The molecule has 0 saturated heterocycles. The number of unbranched alkanes of at least 4 members (excludes halogenated alkanes) is 3. The van der Waals surface area contributed by atoms with Crippen molar-refractivity contribution >= 4 is 22.6 Å². The maximum Gasteiger partial charge on any atom is -0.000178 e. The first-order valence-electron chi connectivity index (χ1n) is 4.79. The summed E-state index contributed by atoms with van der Waals surface area (Å²) in [6.07, 6.45) is 15.2. The number of rotatable bonds is 7. The van der Waals surface area contributed by atoms with Gasteiger partial charge >= 0.3 is 0 Å². The summed E-state index contributed by atoms with van der Waals surface area (Å²) in [6, 6.07) is 0. The topological polar surface area (TPSA) is 0 Å². The van der Waals surface area contributed by atoms with E-state index in [0.29, 0.717) is 0 Å². The molecule has 0 fully saturated rings. The molecule has 0 amide bonds. The minimum Gasteiger partial charge on any atom is -0.0864 e. The molecule has 0 rings (SSSR count). The Morgan fingerprint density at radius 3 is 2.08 bits per heavy atom. The van der Waals surface area contributed by atoms with E-state index in [1.165, 1.54) is 36.5 Å². The van der Waals surface area contributed by atoms with E-state index in [-0.39, 0.29) is 0 Å². The van der Waals surface area contributed by atoms with E-state index >= 15 is 0 Å². The Hall–Kier alpha value is 0.210. The summed E-state index contributed by atoms with van der Waals surface area (Å²) in [5, 5.41) is 0. The van der Waals surface area contributed by atoms with E-state index in [1.54, 1.807) is 0 Å². The Morgan fingerprint density at radius 1 is 1.00 bits per heavy atom. The van der Waals surface area contributed by atoms with Crippen LogP contribution in [-0.2, 0) is 0 Å². The summed E-state index contributed by atoms with van der Waals surface area (Å²) in [6.45, 7) is 2.23. The van der Waals surface area contributed by atoms with Crippen molar-refractivity contribution in [3.63, 3.8) is 0 Å². The normalized spacial score (nSPS) is 11.8. The molecular formula is C11H19I. The zero-order valence-electron chi connectivity index (χ0n) is 7.93. The second kappa shape index (κ2) is 11.2. The maximum atomic E-state index is 2.41. The lowest BCUT2D eigenvalue weighted by atomic mass is 10.2. The number of hydrogen-bond acceptors (Lipinski definition) is 0. The maximum absolute atomic E-state index is 2.41. The van der Waals surface area contributed by atoms with Gasteiger partial charge in [0.1, 0.15) is 0 Å². The summed E-state index contributed by atoms with van der Waals surface area (Å²) in [5.41, 5.74) is 0. The molecule has 0 aliphatic heterocycles. The molecule has 0 saturated carbocycles. The molecule has 12 heavy (non-hydrogen) atoms. The highest BCUT2D eigenvalue weighted by atomic mass is 127. The van der Waals surface area contributed by atoms with E-state index in [9.17, 15) is 0 Å². The lowest BCUT2D eigenvalue weighted by Crippen LogP contribution is -1.69. The van der Waals surface area contributed by atoms with Crippen molar-refractivity contribution in [2.45, 2.75) is 39.0 Å². The molecule has 0 N–H and O–H groups in total. The Bertz CT molecular complexity index is 109. The SMILES string of the molecule is CCCCC=CC=CCCCI. The first kappa shape index (κ1) is 12.2. The highest BCUT2D eigenvalue weighted by Gasteiger charge is 1.77.